The van der Waals surface area contributed by atoms with E-state index in [4.69, 9.17) is 11.0 Å². The minimum atomic E-state index is -2.87. The smallest absolute Gasteiger partial charge is 0.310 e. The summed E-state index contributed by atoms with van der Waals surface area (Å²) in [5, 5.41) is 8.74. The summed E-state index contributed by atoms with van der Waals surface area (Å²) < 4.78 is 30.1. The molecule has 0 amide bonds. The lowest BCUT2D eigenvalue weighted by atomic mass is 10.1. The van der Waals surface area contributed by atoms with Crippen LogP contribution < -0.4 is 5.73 Å². The van der Waals surface area contributed by atoms with Crippen LogP contribution in [0.25, 0.3) is 0 Å². The van der Waals surface area contributed by atoms with Gasteiger partial charge in [-0.05, 0) is 18.6 Å². The second-order valence-electron chi connectivity index (χ2n) is 3.36. The van der Waals surface area contributed by atoms with Crippen molar-refractivity contribution < 1.29 is 18.3 Å². The molecule has 0 spiro atoms. The van der Waals surface area contributed by atoms with Gasteiger partial charge in [-0.25, -0.2) is 13.8 Å². The molecule has 0 aliphatic rings. The van der Waals surface area contributed by atoms with Crippen molar-refractivity contribution in [2.45, 2.75) is 19.8 Å². The van der Waals surface area contributed by atoms with E-state index in [0.717, 1.165) is 6.07 Å². The maximum absolute atomic E-state index is 12.7. The highest BCUT2D eigenvalue weighted by Crippen LogP contribution is 2.24. The molecule has 0 fully saturated rings. The number of pyridine rings is 1. The molecule has 0 aliphatic heterocycles. The number of anilines is 1. The molecule has 1 rings (SSSR count). The summed E-state index contributed by atoms with van der Waals surface area (Å²) in [6.45, 7) is 1.75. The summed E-state index contributed by atoms with van der Waals surface area (Å²) >= 11 is 0. The summed E-state index contributed by atoms with van der Waals surface area (Å²) in [5.74, 6) is -0.935. The van der Waals surface area contributed by atoms with Crippen molar-refractivity contribution in [3.8, 4) is 6.07 Å². The number of carbonyl (C=O) groups is 1. The third kappa shape index (κ3) is 3.13. The SMILES string of the molecule is CCOC(=O)Cc1cc(C#N)c(N)nc1C(F)F. The standard InChI is InChI=1S/C11H11F2N3O2/c1-2-18-8(17)4-6-3-7(5-14)11(15)16-9(6)10(12)13/h3,10H,2,4H2,1H3,(H2,15,16). The van der Waals surface area contributed by atoms with Crippen molar-refractivity contribution in [3.63, 3.8) is 0 Å². The fraction of sp³-hybridized carbons (Fsp3) is 0.364. The van der Waals surface area contributed by atoms with E-state index in [1.807, 2.05) is 0 Å². The lowest BCUT2D eigenvalue weighted by molar-refractivity contribution is -0.142. The molecule has 5 nitrogen and oxygen atoms in total. The Balaban J connectivity index is 3.15. The Hall–Kier alpha value is -2.23. The van der Waals surface area contributed by atoms with Crippen LogP contribution in [0.1, 0.15) is 30.2 Å². The first-order valence-electron chi connectivity index (χ1n) is 5.12. The van der Waals surface area contributed by atoms with Crippen molar-refractivity contribution >= 4 is 11.8 Å². The predicted octanol–water partition coefficient (Wildman–Crippen LogP) is 1.58. The highest BCUT2D eigenvalue weighted by molar-refractivity contribution is 5.73. The lowest BCUT2D eigenvalue weighted by Gasteiger charge is -2.09. The van der Waals surface area contributed by atoms with Gasteiger partial charge in [-0.2, -0.15) is 5.26 Å². The van der Waals surface area contributed by atoms with Gasteiger partial charge in [0.25, 0.3) is 6.43 Å². The Morgan fingerprint density at radius 3 is 2.83 bits per heavy atom. The largest absolute Gasteiger partial charge is 0.466 e. The van der Waals surface area contributed by atoms with Crippen LogP contribution in [0.3, 0.4) is 0 Å². The number of nitrogens with zero attached hydrogens (tertiary/aromatic N) is 2. The van der Waals surface area contributed by atoms with Gasteiger partial charge in [0.15, 0.2) is 0 Å². The molecule has 0 aromatic carbocycles. The summed E-state index contributed by atoms with van der Waals surface area (Å²) in [4.78, 5) is 14.7. The van der Waals surface area contributed by atoms with Gasteiger partial charge in [0.05, 0.1) is 18.6 Å². The van der Waals surface area contributed by atoms with E-state index in [2.05, 4.69) is 9.72 Å². The van der Waals surface area contributed by atoms with Gasteiger partial charge < -0.3 is 10.5 Å². The molecule has 1 heterocycles. The van der Waals surface area contributed by atoms with E-state index >= 15 is 0 Å². The Bertz CT molecular complexity index is 498. The van der Waals surface area contributed by atoms with E-state index in [0.29, 0.717) is 0 Å². The second kappa shape index (κ2) is 5.91. The zero-order valence-corrected chi connectivity index (χ0v) is 9.61. The number of nitrogens with two attached hydrogens (primary N) is 1. The van der Waals surface area contributed by atoms with Crippen molar-refractivity contribution in [2.24, 2.45) is 0 Å². The lowest BCUT2D eigenvalue weighted by Crippen LogP contribution is -2.12. The monoisotopic (exact) mass is 255 g/mol. The number of hydrogen-bond donors (Lipinski definition) is 1. The van der Waals surface area contributed by atoms with Crippen LogP contribution in [-0.4, -0.2) is 17.6 Å². The van der Waals surface area contributed by atoms with E-state index in [9.17, 15) is 13.6 Å². The van der Waals surface area contributed by atoms with Gasteiger partial charge in [-0.1, -0.05) is 0 Å². The number of alkyl halides is 2. The molecule has 1 aromatic heterocycles. The zero-order valence-electron chi connectivity index (χ0n) is 9.61. The van der Waals surface area contributed by atoms with Gasteiger partial charge in [-0.15, -0.1) is 0 Å². The first-order valence-corrected chi connectivity index (χ1v) is 5.12. The molecule has 0 aliphatic carbocycles. The summed E-state index contributed by atoms with van der Waals surface area (Å²) in [7, 11) is 0. The number of ether oxygens (including phenoxy) is 1. The fourth-order valence-electron chi connectivity index (χ4n) is 1.37. The molecule has 0 saturated heterocycles. The Kier molecular flexibility index (Phi) is 4.54. The average molecular weight is 255 g/mol. The Labute approximate surface area is 102 Å². The molecular weight excluding hydrogens is 244 g/mol. The van der Waals surface area contributed by atoms with Gasteiger partial charge in [0.2, 0.25) is 0 Å². The van der Waals surface area contributed by atoms with E-state index in [-0.39, 0.29) is 30.0 Å². The van der Waals surface area contributed by atoms with Crippen LogP contribution in [0.15, 0.2) is 6.07 Å². The topological polar surface area (TPSA) is 89.0 Å². The number of esters is 1. The highest BCUT2D eigenvalue weighted by Gasteiger charge is 2.20. The Morgan fingerprint density at radius 1 is 1.67 bits per heavy atom. The van der Waals surface area contributed by atoms with Crippen molar-refractivity contribution in [2.75, 3.05) is 12.3 Å². The maximum Gasteiger partial charge on any atom is 0.310 e. The van der Waals surface area contributed by atoms with Gasteiger partial charge >= 0.3 is 5.97 Å². The molecule has 0 radical (unpaired) electrons. The van der Waals surface area contributed by atoms with Crippen molar-refractivity contribution in [1.82, 2.24) is 4.98 Å². The molecular formula is C11H11F2N3O2. The van der Waals surface area contributed by atoms with Gasteiger partial charge in [0.1, 0.15) is 17.6 Å². The zero-order chi connectivity index (χ0) is 13.7. The van der Waals surface area contributed by atoms with Crippen LogP contribution in [0.2, 0.25) is 0 Å². The number of carbonyl (C=O) groups excluding carboxylic acids is 1. The minimum absolute atomic E-state index is 0.0429. The van der Waals surface area contributed by atoms with Crippen LogP contribution in [0, 0.1) is 11.3 Å². The van der Waals surface area contributed by atoms with Crippen LogP contribution in [-0.2, 0) is 16.0 Å². The summed E-state index contributed by atoms with van der Waals surface area (Å²) in [6.07, 6.45) is -3.24. The molecule has 7 heteroatoms. The highest BCUT2D eigenvalue weighted by atomic mass is 19.3. The van der Waals surface area contributed by atoms with E-state index in [1.165, 1.54) is 0 Å². The molecule has 96 valence electrons. The van der Waals surface area contributed by atoms with Crippen LogP contribution >= 0.6 is 0 Å². The number of nitrogen functional groups attached to an aromatic ring is 1. The van der Waals surface area contributed by atoms with Gasteiger partial charge in [0, 0.05) is 0 Å². The summed E-state index contributed by atoms with van der Waals surface area (Å²) in [5.41, 5.74) is 4.66. The quantitative estimate of drug-likeness (QED) is 0.825. The molecule has 1 aromatic rings. The Morgan fingerprint density at radius 2 is 2.33 bits per heavy atom. The number of aromatic nitrogens is 1. The van der Waals surface area contributed by atoms with Gasteiger partial charge in [-0.3, -0.25) is 4.79 Å². The van der Waals surface area contributed by atoms with Crippen molar-refractivity contribution in [1.29, 1.82) is 5.26 Å². The number of rotatable bonds is 4. The first-order chi connectivity index (χ1) is 8.49. The molecule has 0 atom stereocenters. The molecule has 0 saturated carbocycles. The second-order valence-corrected chi connectivity index (χ2v) is 3.36. The molecule has 0 bridgehead atoms. The van der Waals surface area contributed by atoms with E-state index in [1.54, 1.807) is 13.0 Å². The van der Waals surface area contributed by atoms with Crippen LogP contribution in [0.4, 0.5) is 14.6 Å². The molecule has 0 unspecified atom stereocenters. The number of halogens is 2. The molecule has 2 N–H and O–H groups in total. The first kappa shape index (κ1) is 13.8. The number of hydrogen-bond acceptors (Lipinski definition) is 5. The van der Waals surface area contributed by atoms with E-state index < -0.39 is 18.1 Å². The van der Waals surface area contributed by atoms with Crippen molar-refractivity contribution in [3.05, 3.63) is 22.9 Å². The molecule has 18 heavy (non-hydrogen) atoms. The third-order valence-electron chi connectivity index (χ3n) is 2.13. The average Bonchev–Trinajstić information content (AvgIpc) is 2.30. The normalized spacial score (nSPS) is 10.2. The van der Waals surface area contributed by atoms with Crippen LogP contribution in [0.5, 0.6) is 0 Å². The summed E-state index contributed by atoms with van der Waals surface area (Å²) in [6, 6.07) is 2.86. The number of nitriles is 1. The maximum atomic E-state index is 12.7. The fourth-order valence-corrected chi connectivity index (χ4v) is 1.37. The third-order valence-corrected chi connectivity index (χ3v) is 2.13. The minimum Gasteiger partial charge on any atom is -0.466 e. The predicted molar refractivity (Wildman–Crippen MR) is 58.7 cm³/mol.